The molecular formula is C15H23NO2. The minimum atomic E-state index is 0.318. The molecular weight excluding hydrogens is 226 g/mol. The molecule has 3 nitrogen and oxygen atoms in total. The van der Waals surface area contributed by atoms with Crippen LogP contribution in [0.15, 0.2) is 18.2 Å². The molecule has 100 valence electrons. The number of ether oxygens (including phenoxy) is 2. The van der Waals surface area contributed by atoms with Crippen molar-refractivity contribution in [3.8, 4) is 11.5 Å². The van der Waals surface area contributed by atoms with Gasteiger partial charge in [-0.3, -0.25) is 0 Å². The van der Waals surface area contributed by atoms with Crippen molar-refractivity contribution in [3.63, 3.8) is 0 Å². The van der Waals surface area contributed by atoms with Crippen molar-refractivity contribution in [1.29, 1.82) is 0 Å². The van der Waals surface area contributed by atoms with Gasteiger partial charge in [-0.05, 0) is 37.9 Å². The second-order valence-corrected chi connectivity index (χ2v) is 4.89. The zero-order valence-corrected chi connectivity index (χ0v) is 11.5. The number of rotatable bonds is 5. The summed E-state index contributed by atoms with van der Waals surface area (Å²) in [7, 11) is 5.47. The van der Waals surface area contributed by atoms with E-state index in [-0.39, 0.29) is 0 Å². The van der Waals surface area contributed by atoms with Crippen molar-refractivity contribution in [2.45, 2.75) is 31.7 Å². The maximum Gasteiger partial charge on any atom is 0.127 e. The third-order valence-corrected chi connectivity index (χ3v) is 3.96. The van der Waals surface area contributed by atoms with Crippen LogP contribution < -0.4 is 14.8 Å². The Morgan fingerprint density at radius 2 is 1.67 bits per heavy atom. The molecule has 0 radical (unpaired) electrons. The van der Waals surface area contributed by atoms with Crippen molar-refractivity contribution in [2.75, 3.05) is 21.3 Å². The molecule has 0 aliphatic heterocycles. The van der Waals surface area contributed by atoms with E-state index in [9.17, 15) is 0 Å². The van der Waals surface area contributed by atoms with E-state index in [2.05, 4.69) is 5.32 Å². The van der Waals surface area contributed by atoms with E-state index in [0.717, 1.165) is 17.1 Å². The summed E-state index contributed by atoms with van der Waals surface area (Å²) in [6.07, 6.45) is 5.24. The molecule has 0 heterocycles. The van der Waals surface area contributed by atoms with Crippen LogP contribution in [0, 0.1) is 5.92 Å². The first kappa shape index (κ1) is 13.2. The first-order valence-electron chi connectivity index (χ1n) is 6.70. The minimum Gasteiger partial charge on any atom is -0.496 e. The second-order valence-electron chi connectivity index (χ2n) is 4.89. The number of hydrogen-bond donors (Lipinski definition) is 1. The molecule has 1 atom stereocenters. The monoisotopic (exact) mass is 249 g/mol. The maximum absolute atomic E-state index is 5.51. The lowest BCUT2D eigenvalue weighted by atomic mass is 9.90. The third kappa shape index (κ3) is 2.46. The van der Waals surface area contributed by atoms with Crippen LogP contribution in [0.5, 0.6) is 11.5 Å². The van der Waals surface area contributed by atoms with Gasteiger partial charge in [-0.25, -0.2) is 0 Å². The van der Waals surface area contributed by atoms with Crippen LogP contribution in [-0.2, 0) is 0 Å². The lowest BCUT2D eigenvalue weighted by Gasteiger charge is -2.26. The summed E-state index contributed by atoms with van der Waals surface area (Å²) in [6.45, 7) is 0. The van der Waals surface area contributed by atoms with Crippen LogP contribution in [0.25, 0.3) is 0 Å². The Kier molecular flexibility index (Phi) is 4.48. The summed E-state index contributed by atoms with van der Waals surface area (Å²) >= 11 is 0. The SMILES string of the molecule is CNC(c1c(OC)cccc1OC)C1CCCC1. The Labute approximate surface area is 109 Å². The van der Waals surface area contributed by atoms with Gasteiger partial charge in [0.15, 0.2) is 0 Å². The molecule has 1 unspecified atom stereocenters. The van der Waals surface area contributed by atoms with E-state index in [1.807, 2.05) is 25.2 Å². The summed E-state index contributed by atoms with van der Waals surface area (Å²) < 4.78 is 11.0. The molecule has 0 aromatic heterocycles. The number of nitrogens with one attached hydrogen (secondary N) is 1. The lowest BCUT2D eigenvalue weighted by Crippen LogP contribution is -2.24. The Bertz CT molecular complexity index is 364. The fourth-order valence-corrected chi connectivity index (χ4v) is 3.09. The molecule has 1 aromatic carbocycles. The Balaban J connectivity index is 2.38. The largest absolute Gasteiger partial charge is 0.496 e. The second kappa shape index (κ2) is 6.10. The molecule has 0 spiro atoms. The lowest BCUT2D eigenvalue weighted by molar-refractivity contribution is 0.336. The maximum atomic E-state index is 5.51. The average Bonchev–Trinajstić information content (AvgIpc) is 2.93. The summed E-state index contributed by atoms with van der Waals surface area (Å²) in [5.74, 6) is 2.52. The topological polar surface area (TPSA) is 30.5 Å². The van der Waals surface area contributed by atoms with Crippen LogP contribution in [0.3, 0.4) is 0 Å². The van der Waals surface area contributed by atoms with Crippen molar-refractivity contribution < 1.29 is 9.47 Å². The first-order valence-corrected chi connectivity index (χ1v) is 6.70. The van der Waals surface area contributed by atoms with Crippen LogP contribution >= 0.6 is 0 Å². The van der Waals surface area contributed by atoms with Crippen molar-refractivity contribution in [2.24, 2.45) is 5.92 Å². The van der Waals surface area contributed by atoms with E-state index in [1.165, 1.54) is 25.7 Å². The Morgan fingerprint density at radius 1 is 1.11 bits per heavy atom. The van der Waals surface area contributed by atoms with Gasteiger partial charge in [-0.2, -0.15) is 0 Å². The van der Waals surface area contributed by atoms with E-state index in [4.69, 9.17) is 9.47 Å². The van der Waals surface area contributed by atoms with E-state index in [0.29, 0.717) is 12.0 Å². The highest BCUT2D eigenvalue weighted by molar-refractivity contribution is 5.47. The Hall–Kier alpha value is -1.22. The van der Waals surface area contributed by atoms with Gasteiger partial charge in [0.25, 0.3) is 0 Å². The predicted molar refractivity (Wildman–Crippen MR) is 73.3 cm³/mol. The van der Waals surface area contributed by atoms with Gasteiger partial charge in [0, 0.05) is 6.04 Å². The summed E-state index contributed by atoms with van der Waals surface area (Å²) in [5, 5.41) is 3.45. The Morgan fingerprint density at radius 3 is 2.11 bits per heavy atom. The predicted octanol–water partition coefficient (Wildman–Crippen LogP) is 3.15. The van der Waals surface area contributed by atoms with Crippen LogP contribution in [0.2, 0.25) is 0 Å². The van der Waals surface area contributed by atoms with Crippen LogP contribution in [-0.4, -0.2) is 21.3 Å². The fraction of sp³-hybridized carbons (Fsp3) is 0.600. The molecule has 1 aromatic rings. The zero-order chi connectivity index (χ0) is 13.0. The summed E-state index contributed by atoms with van der Waals surface area (Å²) in [5.41, 5.74) is 1.16. The molecule has 1 fully saturated rings. The van der Waals surface area contributed by atoms with E-state index >= 15 is 0 Å². The molecule has 1 aliphatic carbocycles. The highest BCUT2D eigenvalue weighted by atomic mass is 16.5. The summed E-state index contributed by atoms with van der Waals surface area (Å²) in [4.78, 5) is 0. The number of methoxy groups -OCH3 is 2. The molecule has 1 saturated carbocycles. The molecule has 0 saturated heterocycles. The number of benzene rings is 1. The van der Waals surface area contributed by atoms with E-state index in [1.54, 1.807) is 14.2 Å². The average molecular weight is 249 g/mol. The van der Waals surface area contributed by atoms with Gasteiger partial charge >= 0.3 is 0 Å². The van der Waals surface area contributed by atoms with Crippen molar-refractivity contribution in [3.05, 3.63) is 23.8 Å². The highest BCUT2D eigenvalue weighted by Crippen LogP contribution is 2.42. The number of hydrogen-bond acceptors (Lipinski definition) is 3. The smallest absolute Gasteiger partial charge is 0.127 e. The molecule has 1 aliphatic rings. The fourth-order valence-electron chi connectivity index (χ4n) is 3.09. The molecule has 2 rings (SSSR count). The van der Waals surface area contributed by atoms with Gasteiger partial charge < -0.3 is 14.8 Å². The van der Waals surface area contributed by atoms with Gasteiger partial charge in [0.2, 0.25) is 0 Å². The molecule has 18 heavy (non-hydrogen) atoms. The van der Waals surface area contributed by atoms with Gasteiger partial charge in [0.1, 0.15) is 11.5 Å². The normalized spacial score (nSPS) is 17.7. The first-order chi connectivity index (χ1) is 8.81. The third-order valence-electron chi connectivity index (χ3n) is 3.96. The highest BCUT2D eigenvalue weighted by Gasteiger charge is 2.29. The molecule has 0 amide bonds. The molecule has 0 bridgehead atoms. The van der Waals surface area contributed by atoms with Crippen molar-refractivity contribution >= 4 is 0 Å². The van der Waals surface area contributed by atoms with Crippen LogP contribution in [0.4, 0.5) is 0 Å². The van der Waals surface area contributed by atoms with E-state index < -0.39 is 0 Å². The quantitative estimate of drug-likeness (QED) is 0.869. The zero-order valence-electron chi connectivity index (χ0n) is 11.5. The van der Waals surface area contributed by atoms with Gasteiger partial charge in [-0.15, -0.1) is 0 Å². The summed E-state index contributed by atoms with van der Waals surface area (Å²) in [6, 6.07) is 6.31. The minimum absolute atomic E-state index is 0.318. The van der Waals surface area contributed by atoms with Crippen molar-refractivity contribution in [1.82, 2.24) is 5.32 Å². The van der Waals surface area contributed by atoms with Crippen LogP contribution in [0.1, 0.15) is 37.3 Å². The van der Waals surface area contributed by atoms with Gasteiger partial charge in [0.05, 0.1) is 19.8 Å². The standard InChI is InChI=1S/C15H23NO2/c1-16-15(11-7-4-5-8-11)14-12(17-2)9-6-10-13(14)18-3/h6,9-11,15-16H,4-5,7-8H2,1-3H3. The molecule has 3 heteroatoms. The van der Waals surface area contributed by atoms with Gasteiger partial charge in [-0.1, -0.05) is 18.9 Å². The molecule has 1 N–H and O–H groups in total.